The minimum Gasteiger partial charge on any atom is -0.308 e. The number of nitrogens with zero attached hydrogens (tertiary/aromatic N) is 3. The Kier molecular flexibility index (Phi) is 4.36. The number of alkyl halides is 1. The van der Waals surface area contributed by atoms with Crippen LogP contribution >= 0.6 is 23.2 Å². The number of hydrogen-bond donors (Lipinski definition) is 0. The summed E-state index contributed by atoms with van der Waals surface area (Å²) in [6.07, 6.45) is 2.68. The van der Waals surface area contributed by atoms with Crippen molar-refractivity contribution in [2.75, 3.05) is 0 Å². The summed E-state index contributed by atoms with van der Waals surface area (Å²) >= 11 is 12.3. The quantitative estimate of drug-likeness (QED) is 0.745. The van der Waals surface area contributed by atoms with Gasteiger partial charge in [-0.25, -0.2) is 9.97 Å². The largest absolute Gasteiger partial charge is 0.308 e. The lowest BCUT2D eigenvalue weighted by molar-refractivity contribution is 0.363. The molecule has 2 atom stereocenters. The van der Waals surface area contributed by atoms with Gasteiger partial charge in [0.15, 0.2) is 5.65 Å². The number of rotatable bonds is 4. The van der Waals surface area contributed by atoms with Crippen LogP contribution in [0.1, 0.15) is 51.4 Å². The van der Waals surface area contributed by atoms with Gasteiger partial charge in [0.25, 0.3) is 0 Å². The highest BCUT2D eigenvalue weighted by atomic mass is 35.5. The van der Waals surface area contributed by atoms with Crippen LogP contribution in [0.3, 0.4) is 0 Å². The fourth-order valence-electron chi connectivity index (χ4n) is 2.53. The highest BCUT2D eigenvalue weighted by molar-refractivity contribution is 6.31. The van der Waals surface area contributed by atoms with Crippen LogP contribution in [0, 0.1) is 5.92 Å². The molecule has 3 nitrogen and oxygen atoms in total. The fraction of sp³-hybridized carbons (Fsp3) is 0.571. The Morgan fingerprint density at radius 2 is 2.00 bits per heavy atom. The Morgan fingerprint density at radius 1 is 1.32 bits per heavy atom. The Labute approximate surface area is 123 Å². The molecule has 0 bridgehead atoms. The molecule has 104 valence electrons. The molecule has 2 heterocycles. The number of halogens is 2. The van der Waals surface area contributed by atoms with E-state index < -0.39 is 0 Å². The summed E-state index contributed by atoms with van der Waals surface area (Å²) in [5.74, 6) is 1.36. The van der Waals surface area contributed by atoms with E-state index >= 15 is 0 Å². The lowest BCUT2D eigenvalue weighted by Gasteiger charge is -2.24. The molecule has 2 aromatic rings. The van der Waals surface area contributed by atoms with Crippen molar-refractivity contribution in [3.8, 4) is 0 Å². The average molecular weight is 300 g/mol. The van der Waals surface area contributed by atoms with Crippen molar-refractivity contribution in [3.63, 3.8) is 0 Å². The van der Waals surface area contributed by atoms with Gasteiger partial charge in [0.05, 0.1) is 10.4 Å². The summed E-state index contributed by atoms with van der Waals surface area (Å²) < 4.78 is 2.17. The zero-order valence-electron chi connectivity index (χ0n) is 11.7. The molecule has 2 aromatic heterocycles. The summed E-state index contributed by atoms with van der Waals surface area (Å²) in [6.45, 7) is 8.53. The molecule has 0 fully saturated rings. The van der Waals surface area contributed by atoms with Crippen LogP contribution in [-0.4, -0.2) is 14.5 Å². The van der Waals surface area contributed by atoms with Crippen LogP contribution in [0.15, 0.2) is 12.3 Å². The van der Waals surface area contributed by atoms with Crippen molar-refractivity contribution in [2.24, 2.45) is 5.92 Å². The number of fused-ring (bicyclic) bond motifs is 1. The lowest BCUT2D eigenvalue weighted by atomic mass is 10.0. The van der Waals surface area contributed by atoms with Gasteiger partial charge >= 0.3 is 0 Å². The van der Waals surface area contributed by atoms with E-state index in [-0.39, 0.29) is 5.38 Å². The number of hydrogen-bond acceptors (Lipinski definition) is 2. The lowest BCUT2D eigenvalue weighted by Crippen LogP contribution is -2.17. The van der Waals surface area contributed by atoms with E-state index in [9.17, 15) is 0 Å². The van der Waals surface area contributed by atoms with Gasteiger partial charge in [-0.2, -0.15) is 0 Å². The van der Waals surface area contributed by atoms with E-state index in [4.69, 9.17) is 23.2 Å². The molecule has 0 saturated carbocycles. The Hall–Kier alpha value is -0.800. The molecule has 0 spiro atoms. The molecule has 0 radical (unpaired) electrons. The van der Waals surface area contributed by atoms with E-state index in [0.29, 0.717) is 17.0 Å². The standard InChI is InChI=1S/C14H19Cl2N3/c1-5-12(8(2)3)19-13(9(4)15)18-11-6-10(16)7-17-14(11)19/h6-9,12H,5H2,1-4H3. The average Bonchev–Trinajstić information content (AvgIpc) is 2.68. The van der Waals surface area contributed by atoms with Crippen LogP contribution in [0.5, 0.6) is 0 Å². The second-order valence-electron chi connectivity index (χ2n) is 5.17. The van der Waals surface area contributed by atoms with Crippen LogP contribution in [-0.2, 0) is 0 Å². The molecular weight excluding hydrogens is 281 g/mol. The molecule has 0 N–H and O–H groups in total. The zero-order chi connectivity index (χ0) is 14.2. The van der Waals surface area contributed by atoms with Gasteiger partial charge in [0, 0.05) is 12.2 Å². The van der Waals surface area contributed by atoms with Crippen molar-refractivity contribution >= 4 is 34.4 Å². The second kappa shape index (κ2) is 5.68. The smallest absolute Gasteiger partial charge is 0.160 e. The Bertz CT molecular complexity index is 575. The monoisotopic (exact) mass is 299 g/mol. The van der Waals surface area contributed by atoms with Crippen molar-refractivity contribution in [2.45, 2.75) is 45.5 Å². The molecule has 0 amide bonds. The highest BCUT2D eigenvalue weighted by Crippen LogP contribution is 2.32. The molecule has 2 rings (SSSR count). The van der Waals surface area contributed by atoms with Crippen molar-refractivity contribution < 1.29 is 0 Å². The summed E-state index contributed by atoms with van der Waals surface area (Å²) in [6, 6.07) is 2.19. The molecule has 0 aromatic carbocycles. The number of imidazole rings is 1. The highest BCUT2D eigenvalue weighted by Gasteiger charge is 2.23. The van der Waals surface area contributed by atoms with Crippen molar-refractivity contribution in [3.05, 3.63) is 23.1 Å². The number of aromatic nitrogens is 3. The first-order valence-electron chi connectivity index (χ1n) is 6.63. The van der Waals surface area contributed by atoms with E-state index in [2.05, 4.69) is 35.3 Å². The summed E-state index contributed by atoms with van der Waals surface area (Å²) in [5.41, 5.74) is 1.68. The summed E-state index contributed by atoms with van der Waals surface area (Å²) in [4.78, 5) is 9.05. The summed E-state index contributed by atoms with van der Waals surface area (Å²) in [5, 5.41) is 0.448. The maximum atomic E-state index is 6.28. The maximum Gasteiger partial charge on any atom is 0.160 e. The van der Waals surface area contributed by atoms with Gasteiger partial charge in [-0.15, -0.1) is 11.6 Å². The zero-order valence-corrected chi connectivity index (χ0v) is 13.2. The van der Waals surface area contributed by atoms with Gasteiger partial charge in [0.2, 0.25) is 0 Å². The first-order valence-corrected chi connectivity index (χ1v) is 7.44. The molecule has 2 unspecified atom stereocenters. The second-order valence-corrected chi connectivity index (χ2v) is 6.26. The third-order valence-electron chi connectivity index (χ3n) is 3.40. The van der Waals surface area contributed by atoms with Gasteiger partial charge < -0.3 is 4.57 Å². The topological polar surface area (TPSA) is 30.7 Å². The molecule has 0 aliphatic carbocycles. The van der Waals surface area contributed by atoms with Crippen molar-refractivity contribution in [1.29, 1.82) is 0 Å². The van der Waals surface area contributed by atoms with Crippen LogP contribution in [0.25, 0.3) is 11.2 Å². The third kappa shape index (κ3) is 2.72. The van der Waals surface area contributed by atoms with Gasteiger partial charge in [0.1, 0.15) is 11.3 Å². The van der Waals surface area contributed by atoms with E-state index in [1.807, 2.05) is 13.0 Å². The number of pyridine rings is 1. The maximum absolute atomic E-state index is 6.28. The Morgan fingerprint density at radius 3 is 2.53 bits per heavy atom. The van der Waals surface area contributed by atoms with Crippen LogP contribution in [0.2, 0.25) is 5.02 Å². The summed E-state index contributed by atoms with van der Waals surface area (Å²) in [7, 11) is 0. The van der Waals surface area contributed by atoms with Gasteiger partial charge in [-0.05, 0) is 25.3 Å². The first kappa shape index (κ1) is 14.6. The van der Waals surface area contributed by atoms with E-state index in [1.165, 1.54) is 0 Å². The third-order valence-corrected chi connectivity index (χ3v) is 3.80. The first-order chi connectivity index (χ1) is 8.95. The molecule has 5 heteroatoms. The van der Waals surface area contributed by atoms with Gasteiger partial charge in [-0.1, -0.05) is 32.4 Å². The van der Waals surface area contributed by atoms with E-state index in [0.717, 1.165) is 23.4 Å². The van der Waals surface area contributed by atoms with Crippen molar-refractivity contribution in [1.82, 2.24) is 14.5 Å². The molecule has 0 aliphatic rings. The predicted molar refractivity (Wildman–Crippen MR) is 81.0 cm³/mol. The fourth-order valence-corrected chi connectivity index (χ4v) is 2.84. The minimum absolute atomic E-state index is 0.152. The predicted octanol–water partition coefficient (Wildman–Crippen LogP) is 4.99. The van der Waals surface area contributed by atoms with Crippen LogP contribution in [0.4, 0.5) is 0 Å². The van der Waals surface area contributed by atoms with Crippen LogP contribution < -0.4 is 0 Å². The molecule has 19 heavy (non-hydrogen) atoms. The van der Waals surface area contributed by atoms with Gasteiger partial charge in [-0.3, -0.25) is 0 Å². The molecule has 0 saturated heterocycles. The Balaban J connectivity index is 2.71. The minimum atomic E-state index is -0.152. The SMILES string of the molecule is CCC(C(C)C)n1c(C(C)Cl)nc2cc(Cl)cnc21. The van der Waals surface area contributed by atoms with E-state index in [1.54, 1.807) is 6.20 Å². The normalized spacial score (nSPS) is 15.1. The molecular formula is C14H19Cl2N3. The molecule has 0 aliphatic heterocycles.